The van der Waals surface area contributed by atoms with Crippen molar-refractivity contribution in [2.75, 3.05) is 5.88 Å². The Bertz CT molecular complexity index is 578. The van der Waals surface area contributed by atoms with Gasteiger partial charge < -0.3 is 4.57 Å². The minimum absolute atomic E-state index is 0.183. The van der Waals surface area contributed by atoms with Gasteiger partial charge in [-0.15, -0.1) is 11.6 Å². The number of imidazole rings is 1. The predicted molar refractivity (Wildman–Crippen MR) is 86.5 cm³/mol. The summed E-state index contributed by atoms with van der Waals surface area (Å²) in [6.07, 6.45) is 2.72. The molecule has 0 saturated carbocycles. The SMILES string of the molecule is CCC(CC)n1c(CCCl)nc2cc(I)c(F)cc21. The zero-order valence-corrected chi connectivity index (χ0v) is 14.0. The third kappa shape index (κ3) is 2.89. The van der Waals surface area contributed by atoms with E-state index in [-0.39, 0.29) is 5.82 Å². The lowest BCUT2D eigenvalue weighted by Gasteiger charge is -2.18. The molecule has 2 rings (SSSR count). The molecule has 2 nitrogen and oxygen atoms in total. The van der Waals surface area contributed by atoms with Crippen LogP contribution in [0.1, 0.15) is 38.6 Å². The molecule has 1 aromatic heterocycles. The first-order chi connectivity index (χ1) is 9.12. The molecule has 0 saturated heterocycles. The van der Waals surface area contributed by atoms with Gasteiger partial charge in [0.2, 0.25) is 0 Å². The van der Waals surface area contributed by atoms with Crippen molar-refractivity contribution in [3.8, 4) is 0 Å². The lowest BCUT2D eigenvalue weighted by atomic mass is 10.1. The minimum Gasteiger partial charge on any atom is -0.325 e. The number of rotatable bonds is 5. The summed E-state index contributed by atoms with van der Waals surface area (Å²) in [7, 11) is 0. The van der Waals surface area contributed by atoms with Crippen LogP contribution >= 0.6 is 34.2 Å². The highest BCUT2D eigenvalue weighted by Gasteiger charge is 2.18. The highest BCUT2D eigenvalue weighted by molar-refractivity contribution is 14.1. The lowest BCUT2D eigenvalue weighted by Crippen LogP contribution is -2.11. The van der Waals surface area contributed by atoms with Crippen molar-refractivity contribution in [2.24, 2.45) is 0 Å². The van der Waals surface area contributed by atoms with Crippen LogP contribution < -0.4 is 0 Å². The first-order valence-corrected chi connectivity index (χ1v) is 8.15. The standard InChI is InChI=1S/C14H17ClFIN2/c1-3-9(4-2)19-13-7-10(16)11(17)8-12(13)18-14(19)5-6-15/h7-9H,3-6H2,1-2H3. The summed E-state index contributed by atoms with van der Waals surface area (Å²) in [5.74, 6) is 1.31. The second kappa shape index (κ2) is 6.39. The molecule has 0 amide bonds. The van der Waals surface area contributed by atoms with E-state index in [1.165, 1.54) is 0 Å². The molecule has 0 aliphatic heterocycles. The van der Waals surface area contributed by atoms with Gasteiger partial charge in [0.05, 0.1) is 14.6 Å². The van der Waals surface area contributed by atoms with Crippen LogP contribution in [0.3, 0.4) is 0 Å². The smallest absolute Gasteiger partial charge is 0.138 e. The fraction of sp³-hybridized carbons (Fsp3) is 0.500. The Hall–Kier alpha value is -0.360. The topological polar surface area (TPSA) is 17.8 Å². The second-order valence-electron chi connectivity index (χ2n) is 4.56. The van der Waals surface area contributed by atoms with Crippen LogP contribution in [-0.2, 0) is 6.42 Å². The first kappa shape index (κ1) is 15.0. The zero-order valence-electron chi connectivity index (χ0n) is 11.1. The summed E-state index contributed by atoms with van der Waals surface area (Å²) < 4.78 is 16.6. The number of alkyl halides is 1. The number of hydrogen-bond acceptors (Lipinski definition) is 1. The molecule has 19 heavy (non-hydrogen) atoms. The van der Waals surface area contributed by atoms with Gasteiger partial charge in [0.25, 0.3) is 0 Å². The van der Waals surface area contributed by atoms with Gasteiger partial charge in [-0.05, 0) is 41.5 Å². The van der Waals surface area contributed by atoms with Gasteiger partial charge >= 0.3 is 0 Å². The number of hydrogen-bond donors (Lipinski definition) is 0. The number of halogens is 3. The minimum atomic E-state index is -0.183. The average molecular weight is 395 g/mol. The van der Waals surface area contributed by atoms with E-state index in [1.807, 2.05) is 28.7 Å². The fourth-order valence-electron chi connectivity index (χ4n) is 2.46. The number of fused-ring (bicyclic) bond motifs is 1. The largest absolute Gasteiger partial charge is 0.325 e. The van der Waals surface area contributed by atoms with Gasteiger partial charge in [0.1, 0.15) is 11.6 Å². The Balaban J connectivity index is 2.68. The molecule has 0 N–H and O–H groups in total. The van der Waals surface area contributed by atoms with E-state index in [1.54, 1.807) is 6.07 Å². The van der Waals surface area contributed by atoms with Gasteiger partial charge in [0, 0.05) is 24.4 Å². The van der Waals surface area contributed by atoms with E-state index in [4.69, 9.17) is 11.6 Å². The molecule has 2 aromatic rings. The van der Waals surface area contributed by atoms with Crippen LogP contribution in [0.2, 0.25) is 0 Å². The van der Waals surface area contributed by atoms with Crippen molar-refractivity contribution in [1.82, 2.24) is 9.55 Å². The maximum Gasteiger partial charge on any atom is 0.138 e. The van der Waals surface area contributed by atoms with Crippen molar-refractivity contribution >= 4 is 45.2 Å². The van der Waals surface area contributed by atoms with Crippen LogP contribution in [0, 0.1) is 9.39 Å². The third-order valence-corrected chi connectivity index (χ3v) is 4.45. The Kier molecular flexibility index (Phi) is 5.06. The van der Waals surface area contributed by atoms with Crippen molar-refractivity contribution in [3.05, 3.63) is 27.3 Å². The fourth-order valence-corrected chi connectivity index (χ4v) is 3.08. The molecule has 5 heteroatoms. The van der Waals surface area contributed by atoms with Gasteiger partial charge in [0.15, 0.2) is 0 Å². The van der Waals surface area contributed by atoms with Crippen LogP contribution in [0.4, 0.5) is 4.39 Å². The molecule has 0 atom stereocenters. The van der Waals surface area contributed by atoms with Crippen molar-refractivity contribution in [3.63, 3.8) is 0 Å². The van der Waals surface area contributed by atoms with Crippen LogP contribution in [0.5, 0.6) is 0 Å². The monoisotopic (exact) mass is 394 g/mol. The Morgan fingerprint density at radius 1 is 1.37 bits per heavy atom. The predicted octanol–water partition coefficient (Wildman–Crippen LogP) is 4.92. The van der Waals surface area contributed by atoms with Gasteiger partial charge in [-0.3, -0.25) is 0 Å². The Labute approximate surface area is 131 Å². The zero-order chi connectivity index (χ0) is 14.0. The molecule has 0 aliphatic carbocycles. The lowest BCUT2D eigenvalue weighted by molar-refractivity contribution is 0.468. The van der Waals surface area contributed by atoms with Crippen LogP contribution in [0.25, 0.3) is 11.0 Å². The average Bonchev–Trinajstić information content (AvgIpc) is 2.71. The van der Waals surface area contributed by atoms with Crippen molar-refractivity contribution < 1.29 is 4.39 Å². The van der Waals surface area contributed by atoms with Crippen molar-refractivity contribution in [2.45, 2.75) is 39.2 Å². The van der Waals surface area contributed by atoms with E-state index in [9.17, 15) is 4.39 Å². The van der Waals surface area contributed by atoms with E-state index >= 15 is 0 Å². The molecule has 0 radical (unpaired) electrons. The maximum absolute atomic E-state index is 13.8. The molecule has 1 heterocycles. The first-order valence-electron chi connectivity index (χ1n) is 6.54. The number of nitrogens with zero attached hydrogens (tertiary/aromatic N) is 2. The van der Waals surface area contributed by atoms with E-state index in [0.29, 0.717) is 21.9 Å². The maximum atomic E-state index is 13.8. The quantitative estimate of drug-likeness (QED) is 0.520. The number of aromatic nitrogens is 2. The number of aryl methyl sites for hydroxylation is 1. The molecular formula is C14H17ClFIN2. The Morgan fingerprint density at radius 3 is 2.63 bits per heavy atom. The molecule has 0 spiro atoms. The molecule has 0 unspecified atom stereocenters. The van der Waals surface area contributed by atoms with Gasteiger partial charge in [-0.2, -0.15) is 0 Å². The highest BCUT2D eigenvalue weighted by atomic mass is 127. The van der Waals surface area contributed by atoms with E-state index < -0.39 is 0 Å². The Morgan fingerprint density at radius 2 is 2.05 bits per heavy atom. The molecule has 0 fully saturated rings. The summed E-state index contributed by atoms with van der Waals surface area (Å²) in [6.45, 7) is 4.29. The van der Waals surface area contributed by atoms with Crippen LogP contribution in [0.15, 0.2) is 12.1 Å². The summed E-state index contributed by atoms with van der Waals surface area (Å²) in [6, 6.07) is 3.75. The molecule has 0 aliphatic rings. The third-order valence-electron chi connectivity index (χ3n) is 3.43. The summed E-state index contributed by atoms with van der Waals surface area (Å²) in [5.41, 5.74) is 1.74. The summed E-state index contributed by atoms with van der Waals surface area (Å²) in [4.78, 5) is 4.63. The highest BCUT2D eigenvalue weighted by Crippen LogP contribution is 2.28. The van der Waals surface area contributed by atoms with Gasteiger partial charge in [-0.25, -0.2) is 9.37 Å². The van der Waals surface area contributed by atoms with E-state index in [0.717, 1.165) is 29.7 Å². The van der Waals surface area contributed by atoms with Crippen LogP contribution in [-0.4, -0.2) is 15.4 Å². The molecular weight excluding hydrogens is 378 g/mol. The summed E-state index contributed by atoms with van der Waals surface area (Å²) >= 11 is 7.86. The molecule has 1 aromatic carbocycles. The van der Waals surface area contributed by atoms with E-state index in [2.05, 4.69) is 23.4 Å². The van der Waals surface area contributed by atoms with Gasteiger partial charge in [-0.1, -0.05) is 13.8 Å². The second-order valence-corrected chi connectivity index (χ2v) is 6.10. The normalized spacial score (nSPS) is 11.7. The summed E-state index contributed by atoms with van der Waals surface area (Å²) in [5, 5.41) is 0. The number of benzene rings is 1. The molecule has 104 valence electrons. The molecule has 0 bridgehead atoms. The van der Waals surface area contributed by atoms with Crippen molar-refractivity contribution in [1.29, 1.82) is 0 Å².